The number of allylic oxidation sites excluding steroid dienone is 4. The second kappa shape index (κ2) is 35.9. The van der Waals surface area contributed by atoms with Crippen molar-refractivity contribution in [2.45, 2.75) is 193 Å². The van der Waals surface area contributed by atoms with E-state index in [0.717, 1.165) is 64.2 Å². The summed E-state index contributed by atoms with van der Waals surface area (Å²) in [5.74, 6) is -0.613. The highest BCUT2D eigenvalue weighted by molar-refractivity contribution is 5.69. The molecule has 2 atom stereocenters. The summed E-state index contributed by atoms with van der Waals surface area (Å²) >= 11 is 0. The van der Waals surface area contributed by atoms with Gasteiger partial charge in [0, 0.05) is 12.8 Å². The lowest BCUT2D eigenvalue weighted by atomic mass is 10.0. The molecular formula is C40H72O6. The van der Waals surface area contributed by atoms with Crippen LogP contribution in [0.25, 0.3) is 0 Å². The molecule has 1 unspecified atom stereocenters. The molecule has 46 heavy (non-hydrogen) atoms. The van der Waals surface area contributed by atoms with Gasteiger partial charge < -0.3 is 19.7 Å². The molecule has 6 heteroatoms. The Kier molecular flexibility index (Phi) is 34.4. The van der Waals surface area contributed by atoms with Gasteiger partial charge in [-0.15, -0.1) is 0 Å². The quantitative estimate of drug-likeness (QED) is 0.0312. The van der Waals surface area contributed by atoms with Crippen LogP contribution >= 0.6 is 0 Å². The Balaban J connectivity index is 3.49. The lowest BCUT2D eigenvalue weighted by Crippen LogP contribution is -2.25. The van der Waals surface area contributed by atoms with Crippen molar-refractivity contribution in [3.05, 3.63) is 36.5 Å². The second-order valence-corrected chi connectivity index (χ2v) is 12.9. The highest BCUT2D eigenvalue weighted by Crippen LogP contribution is 2.14. The summed E-state index contributed by atoms with van der Waals surface area (Å²) in [5, 5.41) is 19.8. The number of unbranched alkanes of at least 4 members (excludes halogenated alkanes) is 20. The number of rotatable bonds is 34. The molecule has 0 spiro atoms. The van der Waals surface area contributed by atoms with Crippen molar-refractivity contribution in [1.29, 1.82) is 0 Å². The molecule has 0 aliphatic rings. The Morgan fingerprint density at radius 3 is 1.43 bits per heavy atom. The van der Waals surface area contributed by atoms with Crippen LogP contribution in [-0.4, -0.2) is 47.6 Å². The van der Waals surface area contributed by atoms with Crippen molar-refractivity contribution < 1.29 is 29.3 Å². The normalized spacial score (nSPS) is 13.2. The average molecular weight is 649 g/mol. The fourth-order valence-electron chi connectivity index (χ4n) is 5.30. The van der Waals surface area contributed by atoms with Crippen molar-refractivity contribution in [2.75, 3.05) is 13.2 Å². The molecule has 2 N–H and O–H groups in total. The number of ether oxygens (including phenoxy) is 2. The summed E-state index contributed by atoms with van der Waals surface area (Å²) < 4.78 is 10.3. The van der Waals surface area contributed by atoms with Crippen LogP contribution in [0, 0.1) is 0 Å². The van der Waals surface area contributed by atoms with Gasteiger partial charge in [0.25, 0.3) is 0 Å². The van der Waals surface area contributed by atoms with Crippen LogP contribution < -0.4 is 0 Å². The zero-order chi connectivity index (χ0) is 33.8. The maximum atomic E-state index is 12.0. The molecule has 0 amide bonds. The first-order valence-corrected chi connectivity index (χ1v) is 19.1. The van der Waals surface area contributed by atoms with Crippen molar-refractivity contribution in [3.8, 4) is 0 Å². The molecule has 268 valence electrons. The van der Waals surface area contributed by atoms with Crippen molar-refractivity contribution in [3.63, 3.8) is 0 Å². The number of aliphatic hydroxyl groups excluding tert-OH is 2. The molecule has 0 aliphatic carbocycles. The molecule has 0 rings (SSSR count). The minimum Gasteiger partial charge on any atom is -0.463 e. The van der Waals surface area contributed by atoms with E-state index in [9.17, 15) is 19.8 Å². The Morgan fingerprint density at radius 2 is 0.978 bits per heavy atom. The third kappa shape index (κ3) is 34.9. The monoisotopic (exact) mass is 649 g/mol. The van der Waals surface area contributed by atoms with Crippen molar-refractivity contribution in [1.82, 2.24) is 0 Å². The molecule has 6 nitrogen and oxygen atoms in total. The topological polar surface area (TPSA) is 93.1 Å². The maximum Gasteiger partial charge on any atom is 0.305 e. The Hall–Kier alpha value is -1.92. The SMILES string of the molecule is CC/C=C/CC(O)/C=C/C=C/CCCCCCCC(=O)OC[C@@H](O)COC(=O)CCCCCCCCCCCCCCCCCC. The van der Waals surface area contributed by atoms with E-state index in [1.54, 1.807) is 0 Å². The molecule has 0 bridgehead atoms. The first-order chi connectivity index (χ1) is 22.5. The van der Waals surface area contributed by atoms with Crippen molar-refractivity contribution in [2.24, 2.45) is 0 Å². The van der Waals surface area contributed by atoms with E-state index in [1.165, 1.54) is 83.5 Å². The summed E-state index contributed by atoms with van der Waals surface area (Å²) in [4.78, 5) is 23.9. The smallest absolute Gasteiger partial charge is 0.305 e. The van der Waals surface area contributed by atoms with Gasteiger partial charge in [0.1, 0.15) is 19.3 Å². The van der Waals surface area contributed by atoms with E-state index in [4.69, 9.17) is 9.47 Å². The van der Waals surface area contributed by atoms with Gasteiger partial charge >= 0.3 is 11.9 Å². The minimum atomic E-state index is -0.984. The van der Waals surface area contributed by atoms with E-state index in [2.05, 4.69) is 26.0 Å². The molecular weight excluding hydrogens is 576 g/mol. The Labute approximate surface area is 283 Å². The van der Waals surface area contributed by atoms with Gasteiger partial charge in [-0.1, -0.05) is 166 Å². The molecule has 0 aliphatic heterocycles. The fraction of sp³-hybridized carbons (Fsp3) is 0.800. The van der Waals surface area contributed by atoms with Crippen LogP contribution in [0.15, 0.2) is 36.5 Å². The molecule has 0 radical (unpaired) electrons. The largest absolute Gasteiger partial charge is 0.463 e. The first kappa shape index (κ1) is 44.1. The van der Waals surface area contributed by atoms with Gasteiger partial charge in [0.15, 0.2) is 0 Å². The van der Waals surface area contributed by atoms with Crippen LogP contribution in [0.2, 0.25) is 0 Å². The molecule has 0 heterocycles. The standard InChI is InChI=1S/C40H72O6/c1-3-5-7-8-9-10-11-12-13-14-15-16-19-22-25-29-33-39(43)45-35-38(42)36-46-40(44)34-30-26-23-20-17-18-21-24-28-32-37(41)31-27-6-4-2/h6,21,24,27-28,32,37-38,41-42H,3-5,7-20,22-23,25-26,29-31,33-36H2,1-2H3/b24-21+,27-6+,32-28+/t37?,38-/m0/s1. The van der Waals surface area contributed by atoms with Crippen molar-refractivity contribution >= 4 is 11.9 Å². The Bertz CT molecular complexity index is 759. The third-order valence-electron chi connectivity index (χ3n) is 8.22. The molecule has 0 aromatic heterocycles. The van der Waals surface area contributed by atoms with Gasteiger partial charge in [-0.2, -0.15) is 0 Å². The number of hydrogen-bond acceptors (Lipinski definition) is 6. The fourth-order valence-corrected chi connectivity index (χ4v) is 5.30. The lowest BCUT2D eigenvalue weighted by molar-refractivity contribution is -0.152. The zero-order valence-corrected chi connectivity index (χ0v) is 29.9. The van der Waals surface area contributed by atoms with Gasteiger partial charge in [-0.05, 0) is 38.5 Å². The maximum absolute atomic E-state index is 12.0. The van der Waals surface area contributed by atoms with E-state index >= 15 is 0 Å². The molecule has 0 saturated heterocycles. The number of hydrogen-bond donors (Lipinski definition) is 2. The van der Waals surface area contributed by atoms with E-state index < -0.39 is 12.2 Å². The third-order valence-corrected chi connectivity index (χ3v) is 8.22. The molecule has 0 aromatic rings. The van der Waals surface area contributed by atoms with Gasteiger partial charge in [0.2, 0.25) is 0 Å². The summed E-state index contributed by atoms with van der Waals surface area (Å²) in [6.07, 6.45) is 39.6. The number of carbonyl (C=O) groups excluding carboxylic acids is 2. The highest BCUT2D eigenvalue weighted by Gasteiger charge is 2.12. The number of aliphatic hydroxyl groups is 2. The molecule has 0 fully saturated rings. The number of carbonyl (C=O) groups is 2. The molecule has 0 saturated carbocycles. The summed E-state index contributed by atoms with van der Waals surface area (Å²) in [6, 6.07) is 0. The van der Waals surface area contributed by atoms with Crippen LogP contribution in [0.4, 0.5) is 0 Å². The Morgan fingerprint density at radius 1 is 0.543 bits per heavy atom. The lowest BCUT2D eigenvalue weighted by Gasteiger charge is -2.12. The zero-order valence-electron chi connectivity index (χ0n) is 29.9. The first-order valence-electron chi connectivity index (χ1n) is 19.1. The average Bonchev–Trinajstić information content (AvgIpc) is 3.05. The summed E-state index contributed by atoms with van der Waals surface area (Å²) in [6.45, 7) is 4.07. The predicted octanol–water partition coefficient (Wildman–Crippen LogP) is 10.6. The molecule has 0 aromatic carbocycles. The van der Waals surface area contributed by atoms with E-state index in [1.807, 2.05) is 24.3 Å². The highest BCUT2D eigenvalue weighted by atomic mass is 16.6. The van der Waals surface area contributed by atoms with Gasteiger partial charge in [-0.3, -0.25) is 9.59 Å². The summed E-state index contributed by atoms with van der Waals surface area (Å²) in [5.41, 5.74) is 0. The van der Waals surface area contributed by atoms with E-state index in [-0.39, 0.29) is 25.2 Å². The van der Waals surface area contributed by atoms with E-state index in [0.29, 0.717) is 19.3 Å². The predicted molar refractivity (Wildman–Crippen MR) is 193 cm³/mol. The second-order valence-electron chi connectivity index (χ2n) is 12.9. The van der Waals surface area contributed by atoms with Gasteiger partial charge in [0.05, 0.1) is 6.10 Å². The summed E-state index contributed by atoms with van der Waals surface area (Å²) in [7, 11) is 0. The van der Waals surface area contributed by atoms with Crippen LogP contribution in [-0.2, 0) is 19.1 Å². The van der Waals surface area contributed by atoms with Crippen LogP contribution in [0.5, 0.6) is 0 Å². The van der Waals surface area contributed by atoms with Crippen LogP contribution in [0.1, 0.15) is 181 Å². The van der Waals surface area contributed by atoms with Gasteiger partial charge in [-0.25, -0.2) is 0 Å². The minimum absolute atomic E-state index is 0.133. The van der Waals surface area contributed by atoms with Crippen LogP contribution in [0.3, 0.4) is 0 Å². The number of esters is 2.